The average Bonchev–Trinajstić information content (AvgIpc) is 2.94. The van der Waals surface area contributed by atoms with E-state index in [1.165, 1.54) is 11.3 Å². The molecule has 1 aliphatic carbocycles. The normalized spacial score (nSPS) is 17.0. The zero-order chi connectivity index (χ0) is 18.9. The van der Waals surface area contributed by atoms with Gasteiger partial charge in [0.2, 0.25) is 0 Å². The molecule has 1 amide bonds. The van der Waals surface area contributed by atoms with Gasteiger partial charge in [-0.25, -0.2) is 0 Å². The molecule has 0 radical (unpaired) electrons. The van der Waals surface area contributed by atoms with Gasteiger partial charge in [0.05, 0.1) is 14.8 Å². The van der Waals surface area contributed by atoms with E-state index in [-0.39, 0.29) is 11.3 Å². The maximum Gasteiger partial charge on any atom is 0.266 e. The second-order valence-electron chi connectivity index (χ2n) is 6.98. The second kappa shape index (κ2) is 7.62. The molecule has 7 heteroatoms. The van der Waals surface area contributed by atoms with Gasteiger partial charge in [0.15, 0.2) is 0 Å². The highest BCUT2D eigenvalue weighted by Crippen LogP contribution is 2.45. The van der Waals surface area contributed by atoms with E-state index in [2.05, 4.69) is 24.3 Å². The minimum Gasteiger partial charge on any atom is -0.399 e. The highest BCUT2D eigenvalue weighted by Gasteiger charge is 2.36. The summed E-state index contributed by atoms with van der Waals surface area (Å²) in [6.45, 7) is 4.39. The number of halogens is 1. The van der Waals surface area contributed by atoms with Crippen LogP contribution in [0.3, 0.4) is 0 Å². The molecule has 1 N–H and O–H groups in total. The third kappa shape index (κ3) is 3.92. The van der Waals surface area contributed by atoms with Gasteiger partial charge in [-0.2, -0.15) is 0 Å². The smallest absolute Gasteiger partial charge is 0.266 e. The number of hydrogen-bond acceptors (Lipinski definition) is 5. The van der Waals surface area contributed by atoms with Crippen LogP contribution in [0.1, 0.15) is 41.1 Å². The van der Waals surface area contributed by atoms with E-state index in [1.54, 1.807) is 43.1 Å². The molecule has 1 aliphatic rings. The van der Waals surface area contributed by atoms with E-state index in [0.29, 0.717) is 5.02 Å². The van der Waals surface area contributed by atoms with Crippen molar-refractivity contribution >= 4 is 52.0 Å². The first-order valence-corrected chi connectivity index (χ1v) is 10.6. The fraction of sp³-hybridized carbons (Fsp3) is 0.368. The van der Waals surface area contributed by atoms with Gasteiger partial charge in [-0.3, -0.25) is 4.79 Å². The molecule has 0 aliphatic heterocycles. The third-order valence-electron chi connectivity index (χ3n) is 4.26. The molecule has 0 spiro atoms. The summed E-state index contributed by atoms with van der Waals surface area (Å²) in [4.78, 5) is 18.8. The van der Waals surface area contributed by atoms with Gasteiger partial charge in [0, 0.05) is 16.3 Å². The summed E-state index contributed by atoms with van der Waals surface area (Å²) >= 11 is 9.09. The molecule has 1 aromatic heterocycles. The Morgan fingerprint density at radius 2 is 2.00 bits per heavy atom. The lowest BCUT2D eigenvalue weighted by atomic mass is 9.74. The van der Waals surface area contributed by atoms with E-state index in [1.807, 2.05) is 6.26 Å². The van der Waals surface area contributed by atoms with Gasteiger partial charge in [-0.05, 0) is 54.3 Å². The molecule has 0 saturated carbocycles. The molecular formula is C19H21ClN2O2S2. The molecule has 0 saturated heterocycles. The van der Waals surface area contributed by atoms with Crippen LogP contribution in [0, 0.1) is 5.41 Å². The molecule has 1 heterocycles. The number of amides is 1. The molecular weight excluding hydrogens is 388 g/mol. The molecule has 3 rings (SSSR count). The van der Waals surface area contributed by atoms with Gasteiger partial charge in [-0.1, -0.05) is 30.6 Å². The summed E-state index contributed by atoms with van der Waals surface area (Å²) < 4.78 is 1.10. The zero-order valence-electron chi connectivity index (χ0n) is 15.2. The highest BCUT2D eigenvalue weighted by atomic mass is 35.5. The third-order valence-corrected chi connectivity index (χ3v) is 6.86. The number of rotatable bonds is 4. The van der Waals surface area contributed by atoms with Gasteiger partial charge in [0.1, 0.15) is 7.11 Å². The van der Waals surface area contributed by atoms with E-state index in [0.717, 1.165) is 44.5 Å². The lowest BCUT2D eigenvalue weighted by molar-refractivity contribution is 0.102. The number of anilines is 1. The topological polar surface area (TPSA) is 50.7 Å². The average molecular weight is 409 g/mol. The Morgan fingerprint density at radius 3 is 2.62 bits per heavy atom. The molecule has 0 unspecified atom stereocenters. The van der Waals surface area contributed by atoms with Crippen molar-refractivity contribution in [2.75, 3.05) is 18.7 Å². The van der Waals surface area contributed by atoms with Crippen molar-refractivity contribution in [3.63, 3.8) is 0 Å². The lowest BCUT2D eigenvalue weighted by Gasteiger charge is -2.31. The van der Waals surface area contributed by atoms with Gasteiger partial charge in [0.25, 0.3) is 5.91 Å². The summed E-state index contributed by atoms with van der Waals surface area (Å²) in [6, 6.07) is 7.14. The van der Waals surface area contributed by atoms with Crippen LogP contribution in [-0.2, 0) is 11.3 Å². The number of hydrogen-bond donors (Lipinski definition) is 1. The first kappa shape index (κ1) is 19.3. The maximum atomic E-state index is 13.0. The minimum absolute atomic E-state index is 0.0242. The predicted molar refractivity (Wildman–Crippen MR) is 111 cm³/mol. The van der Waals surface area contributed by atoms with Gasteiger partial charge < -0.3 is 10.2 Å². The number of nitrogens with one attached hydrogen (secondary N) is 1. The highest BCUT2D eigenvalue weighted by molar-refractivity contribution is 8.00. The van der Waals surface area contributed by atoms with Crippen molar-refractivity contribution in [3.05, 3.63) is 45.3 Å². The number of nitrogens with zero attached hydrogens (tertiary/aromatic N) is 1. The summed E-state index contributed by atoms with van der Waals surface area (Å²) in [5.74, 6) is -0.0941. The van der Waals surface area contributed by atoms with Crippen LogP contribution in [0.15, 0.2) is 33.6 Å². The van der Waals surface area contributed by atoms with Crippen LogP contribution in [0.25, 0.3) is 0 Å². The minimum atomic E-state index is -0.0941. The molecule has 0 atom stereocenters. The van der Waals surface area contributed by atoms with Crippen molar-refractivity contribution in [1.29, 1.82) is 0 Å². The number of carbonyl (C=O) groups excluding carboxylic acids is 1. The first-order chi connectivity index (χ1) is 12.3. The van der Waals surface area contributed by atoms with Gasteiger partial charge >= 0.3 is 0 Å². The molecule has 2 aromatic rings. The maximum absolute atomic E-state index is 13.0. The lowest BCUT2D eigenvalue weighted by Crippen LogP contribution is -2.28. The Morgan fingerprint density at radius 1 is 1.31 bits per heavy atom. The number of benzene rings is 1. The van der Waals surface area contributed by atoms with E-state index in [9.17, 15) is 4.79 Å². The largest absolute Gasteiger partial charge is 0.399 e. The molecule has 138 valence electrons. The Kier molecular flexibility index (Phi) is 5.65. The summed E-state index contributed by atoms with van der Waals surface area (Å²) in [7, 11) is 1.56. The second-order valence-corrected chi connectivity index (χ2v) is 9.51. The molecule has 1 aromatic carbocycles. The van der Waals surface area contributed by atoms with Crippen LogP contribution < -0.4 is 5.32 Å². The Hall–Kier alpha value is -1.50. The van der Waals surface area contributed by atoms with E-state index < -0.39 is 0 Å². The summed E-state index contributed by atoms with van der Waals surface area (Å²) in [6.07, 6.45) is 3.69. The Bertz CT molecular complexity index is 857. The van der Waals surface area contributed by atoms with Crippen molar-refractivity contribution in [1.82, 2.24) is 0 Å². The quantitative estimate of drug-likeness (QED) is 0.521. The summed E-state index contributed by atoms with van der Waals surface area (Å²) in [5, 5.41) is 7.88. The van der Waals surface area contributed by atoms with Crippen LogP contribution in [-0.4, -0.2) is 25.0 Å². The van der Waals surface area contributed by atoms with Crippen molar-refractivity contribution in [2.24, 2.45) is 10.6 Å². The van der Waals surface area contributed by atoms with E-state index >= 15 is 0 Å². The molecule has 4 nitrogen and oxygen atoms in total. The Balaban J connectivity index is 2.02. The molecule has 0 bridgehead atoms. The number of fused-ring (bicyclic) bond motifs is 1. The van der Waals surface area contributed by atoms with Crippen molar-refractivity contribution in [3.8, 4) is 0 Å². The SMILES string of the molecule is CON=C1CC(C)(C)Cc2c(C(=O)Nc3ccc(Cl)cc3)sc(SC)c21. The number of thiophene rings is 1. The van der Waals surface area contributed by atoms with Gasteiger partial charge in [-0.15, -0.1) is 23.1 Å². The van der Waals surface area contributed by atoms with Crippen LogP contribution >= 0.6 is 34.7 Å². The number of thioether (sulfide) groups is 1. The van der Waals surface area contributed by atoms with Crippen molar-refractivity contribution < 1.29 is 9.63 Å². The first-order valence-electron chi connectivity index (χ1n) is 8.21. The monoisotopic (exact) mass is 408 g/mol. The number of oxime groups is 1. The van der Waals surface area contributed by atoms with Crippen LogP contribution in [0.5, 0.6) is 0 Å². The molecule has 26 heavy (non-hydrogen) atoms. The van der Waals surface area contributed by atoms with E-state index in [4.69, 9.17) is 16.4 Å². The molecule has 0 fully saturated rings. The zero-order valence-corrected chi connectivity index (χ0v) is 17.6. The fourth-order valence-electron chi connectivity index (χ4n) is 3.22. The summed E-state index contributed by atoms with van der Waals surface area (Å²) in [5.41, 5.74) is 3.82. The van der Waals surface area contributed by atoms with Crippen molar-refractivity contribution in [2.45, 2.75) is 30.9 Å². The number of carbonyl (C=O) groups is 1. The Labute approximate surface area is 167 Å². The standard InChI is InChI=1S/C19H21ClN2O2S2/c1-19(2)9-13-15(14(10-19)22-24-3)18(25-4)26-16(13)17(23)21-12-7-5-11(20)6-8-12/h5-8H,9-10H2,1-4H3,(H,21,23). The van der Waals surface area contributed by atoms with Crippen LogP contribution in [0.4, 0.5) is 5.69 Å². The van der Waals surface area contributed by atoms with Crippen LogP contribution in [0.2, 0.25) is 5.02 Å². The fourth-order valence-corrected chi connectivity index (χ4v) is 5.35. The predicted octanol–water partition coefficient (Wildman–Crippen LogP) is 5.70.